The fourth-order valence-corrected chi connectivity index (χ4v) is 2.12. The normalized spacial score (nSPS) is 18.7. The van der Waals surface area contributed by atoms with E-state index in [9.17, 15) is 27.9 Å². The number of hydrogen-bond donors (Lipinski definition) is 3. The van der Waals surface area contributed by atoms with Crippen LogP contribution in [0.5, 0.6) is 0 Å². The molecule has 0 aromatic heterocycles. The molecule has 10 nitrogen and oxygen atoms in total. The van der Waals surface area contributed by atoms with Crippen molar-refractivity contribution >= 4 is 28.2 Å². The number of urea groups is 1. The van der Waals surface area contributed by atoms with Crippen LogP contribution >= 0.6 is 0 Å². The summed E-state index contributed by atoms with van der Waals surface area (Å²) in [5.41, 5.74) is 4.57. The quantitative estimate of drug-likeness (QED) is 0.342. The summed E-state index contributed by atoms with van der Waals surface area (Å²) < 4.78 is 24.0. The third kappa shape index (κ3) is 3.73. The van der Waals surface area contributed by atoms with Gasteiger partial charge in [-0.2, -0.15) is 8.42 Å². The van der Waals surface area contributed by atoms with Gasteiger partial charge in [0.25, 0.3) is 5.91 Å². The van der Waals surface area contributed by atoms with Crippen LogP contribution in [0.3, 0.4) is 0 Å². The molecule has 4 amide bonds. The summed E-state index contributed by atoms with van der Waals surface area (Å²) in [4.78, 5) is 31.5. The molecular formula is C5H7N4NaO6S. The van der Waals surface area contributed by atoms with Crippen molar-refractivity contribution in [3.05, 3.63) is 0 Å². The maximum absolute atomic E-state index is 11.2. The van der Waals surface area contributed by atoms with Gasteiger partial charge in [0.15, 0.2) is 0 Å². The Hall–Kier alpha value is -1.04. The second kappa shape index (κ2) is 5.53. The summed E-state index contributed by atoms with van der Waals surface area (Å²) in [6.07, 6.45) is -1.70. The van der Waals surface area contributed by atoms with E-state index < -0.39 is 40.8 Å². The van der Waals surface area contributed by atoms with E-state index >= 15 is 0 Å². The van der Waals surface area contributed by atoms with Crippen LogP contribution in [0.15, 0.2) is 0 Å². The Morgan fingerprint density at radius 3 is 2.35 bits per heavy atom. The van der Waals surface area contributed by atoms with Crippen LogP contribution in [0, 0.1) is 0 Å². The average Bonchev–Trinajstić information content (AvgIpc) is 2.08. The summed E-state index contributed by atoms with van der Waals surface area (Å²) in [6.45, 7) is -0.421. The summed E-state index contributed by atoms with van der Waals surface area (Å²) in [7, 11) is -4.33. The second-order valence-electron chi connectivity index (χ2n) is 2.83. The first-order valence-corrected chi connectivity index (χ1v) is 5.29. The minimum atomic E-state index is -4.33. The van der Waals surface area contributed by atoms with Gasteiger partial charge in [-0.1, -0.05) is 0 Å². The molecule has 1 rings (SSSR count). The Labute approximate surface area is 118 Å². The smallest absolute Gasteiger partial charge is 0.530 e. The summed E-state index contributed by atoms with van der Waals surface area (Å²) in [5.74, 6) is -1.02. The SMILES string of the molecule is NC(=O)NS(=O)(=O)N1C[C@H](NC(=O)[O-])C1=O.[Na+]. The molecule has 0 aromatic rings. The van der Waals surface area contributed by atoms with Gasteiger partial charge in [0.1, 0.15) is 12.1 Å². The van der Waals surface area contributed by atoms with Crippen LogP contribution < -0.4 is 50.4 Å². The predicted molar refractivity (Wildman–Crippen MR) is 45.7 cm³/mol. The van der Waals surface area contributed by atoms with E-state index in [2.05, 4.69) is 5.73 Å². The number of β-lactam (4-membered cyclic amide) rings is 1. The summed E-state index contributed by atoms with van der Waals surface area (Å²) in [6, 6.07) is -2.53. The standard InChI is InChI=1S/C5H8N4O6S.Na/c6-4(11)8-16(14,15)9-1-2(3(9)10)7-5(12)13;/h2,7H,1H2,(H,12,13)(H3,6,8,11);/q;+1/p-1/t2-;/m0./s1. The van der Waals surface area contributed by atoms with Gasteiger partial charge in [0.2, 0.25) is 0 Å². The molecule has 0 aliphatic carbocycles. The Bertz CT molecular complexity index is 449. The van der Waals surface area contributed by atoms with Crippen molar-refractivity contribution in [3.63, 3.8) is 0 Å². The molecule has 1 aliphatic rings. The molecule has 12 heteroatoms. The minimum Gasteiger partial charge on any atom is -0.530 e. The molecular weight excluding hydrogens is 267 g/mol. The number of hydrogen-bond acceptors (Lipinski definition) is 6. The zero-order chi connectivity index (χ0) is 12.5. The number of nitrogens with two attached hydrogens (primary N) is 1. The average molecular weight is 274 g/mol. The van der Waals surface area contributed by atoms with Gasteiger partial charge in [-0.15, -0.1) is 0 Å². The molecule has 17 heavy (non-hydrogen) atoms. The van der Waals surface area contributed by atoms with Gasteiger partial charge in [0.05, 0.1) is 6.54 Å². The molecule has 0 unspecified atom stereocenters. The molecule has 1 aliphatic heterocycles. The van der Waals surface area contributed by atoms with E-state index in [1.54, 1.807) is 5.32 Å². The number of nitrogens with zero attached hydrogens (tertiary/aromatic N) is 1. The maximum Gasteiger partial charge on any atom is 1.00 e. The van der Waals surface area contributed by atoms with Gasteiger partial charge < -0.3 is 21.0 Å². The molecule has 1 fully saturated rings. The van der Waals surface area contributed by atoms with E-state index in [0.717, 1.165) is 0 Å². The molecule has 0 spiro atoms. The van der Waals surface area contributed by atoms with Crippen molar-refractivity contribution in [1.82, 2.24) is 14.3 Å². The van der Waals surface area contributed by atoms with Crippen molar-refractivity contribution < 1.29 is 57.5 Å². The summed E-state index contributed by atoms with van der Waals surface area (Å²) >= 11 is 0. The number of nitrogens with one attached hydrogen (secondary N) is 2. The van der Waals surface area contributed by atoms with Gasteiger partial charge in [-0.3, -0.25) is 4.79 Å². The van der Waals surface area contributed by atoms with Crippen molar-refractivity contribution in [1.29, 1.82) is 0 Å². The number of primary amides is 1. The van der Waals surface area contributed by atoms with Crippen molar-refractivity contribution in [2.75, 3.05) is 6.54 Å². The van der Waals surface area contributed by atoms with E-state index in [-0.39, 0.29) is 33.9 Å². The van der Waals surface area contributed by atoms with Crippen molar-refractivity contribution in [3.8, 4) is 0 Å². The predicted octanol–water partition coefficient (Wildman–Crippen LogP) is -6.95. The minimum absolute atomic E-state index is 0. The molecule has 1 atom stereocenters. The van der Waals surface area contributed by atoms with Gasteiger partial charge >= 0.3 is 45.8 Å². The molecule has 4 N–H and O–H groups in total. The van der Waals surface area contributed by atoms with Crippen LogP contribution in [-0.2, 0) is 15.0 Å². The van der Waals surface area contributed by atoms with Crippen LogP contribution in [0.25, 0.3) is 0 Å². The monoisotopic (exact) mass is 274 g/mol. The molecule has 1 heterocycles. The zero-order valence-electron chi connectivity index (χ0n) is 8.67. The fourth-order valence-electron chi connectivity index (χ4n) is 1.04. The Morgan fingerprint density at radius 2 is 2.00 bits per heavy atom. The van der Waals surface area contributed by atoms with Crippen LogP contribution in [0.1, 0.15) is 0 Å². The first-order chi connectivity index (χ1) is 7.24. The Balaban J connectivity index is 0.00000256. The van der Waals surface area contributed by atoms with E-state index in [4.69, 9.17) is 0 Å². The summed E-state index contributed by atoms with van der Waals surface area (Å²) in [5, 5.41) is 11.7. The molecule has 0 saturated carbocycles. The molecule has 0 bridgehead atoms. The fraction of sp³-hybridized carbons (Fsp3) is 0.400. The Morgan fingerprint density at radius 1 is 1.47 bits per heavy atom. The number of carboxylic acid groups (broad SMARTS) is 1. The maximum atomic E-state index is 11.2. The molecule has 90 valence electrons. The van der Waals surface area contributed by atoms with Crippen LogP contribution in [0.2, 0.25) is 0 Å². The van der Waals surface area contributed by atoms with E-state index in [1.807, 2.05) is 0 Å². The second-order valence-corrected chi connectivity index (χ2v) is 4.42. The topological polar surface area (TPSA) is 162 Å². The third-order valence-corrected chi connectivity index (χ3v) is 3.07. The first-order valence-electron chi connectivity index (χ1n) is 3.85. The first kappa shape index (κ1) is 16.0. The van der Waals surface area contributed by atoms with Gasteiger partial charge in [-0.25, -0.2) is 13.8 Å². The number of rotatable bonds is 3. The molecule has 1 saturated heterocycles. The van der Waals surface area contributed by atoms with Crippen LogP contribution in [0.4, 0.5) is 9.59 Å². The van der Waals surface area contributed by atoms with Crippen LogP contribution in [-0.4, -0.2) is 43.3 Å². The molecule has 0 radical (unpaired) electrons. The number of amides is 4. The number of carbonyl (C=O) groups excluding carboxylic acids is 3. The van der Waals surface area contributed by atoms with E-state index in [0.29, 0.717) is 0 Å². The number of carbonyl (C=O) groups is 3. The van der Waals surface area contributed by atoms with Gasteiger partial charge in [0, 0.05) is 0 Å². The zero-order valence-corrected chi connectivity index (χ0v) is 11.5. The molecule has 0 aromatic carbocycles. The van der Waals surface area contributed by atoms with Crippen molar-refractivity contribution in [2.45, 2.75) is 6.04 Å². The van der Waals surface area contributed by atoms with Gasteiger partial charge in [-0.05, 0) is 0 Å². The third-order valence-electron chi connectivity index (χ3n) is 1.70. The van der Waals surface area contributed by atoms with E-state index in [1.165, 1.54) is 4.72 Å². The van der Waals surface area contributed by atoms with Crippen molar-refractivity contribution in [2.24, 2.45) is 5.73 Å². The largest absolute Gasteiger partial charge is 1.00 e. The Kier molecular flexibility index (Phi) is 5.19.